The smallest absolute Gasteiger partial charge is 0.306 e. The Morgan fingerprint density at radius 3 is 2.81 bits per heavy atom. The van der Waals surface area contributed by atoms with Gasteiger partial charge in [0, 0.05) is 23.1 Å². The quantitative estimate of drug-likeness (QED) is 0.739. The lowest BCUT2D eigenvalue weighted by molar-refractivity contribution is -0.149. The molecule has 1 aromatic carbocycles. The molecule has 4 atom stereocenters. The van der Waals surface area contributed by atoms with Gasteiger partial charge in [-0.3, -0.25) is 9.59 Å². The number of hydrogen-bond acceptors (Lipinski definition) is 4. The maximum Gasteiger partial charge on any atom is 0.306 e. The van der Waals surface area contributed by atoms with Gasteiger partial charge in [-0.15, -0.1) is 11.8 Å². The fraction of sp³-hybridized carbons (Fsp3) is 0.619. The number of fused-ring (bicyclic) bond motifs is 3. The number of nitrogens with zero attached hydrogens (tertiary/aromatic N) is 1. The summed E-state index contributed by atoms with van der Waals surface area (Å²) in [5.74, 6) is 1.69. The molecule has 2 bridgehead atoms. The van der Waals surface area contributed by atoms with Crippen LogP contribution in [0.4, 0.5) is 5.69 Å². The number of amides is 1. The summed E-state index contributed by atoms with van der Waals surface area (Å²) in [6.07, 6.45) is 6.48. The van der Waals surface area contributed by atoms with Gasteiger partial charge in [0.25, 0.3) is 5.91 Å². The van der Waals surface area contributed by atoms with Gasteiger partial charge in [0.05, 0.1) is 5.69 Å². The van der Waals surface area contributed by atoms with Gasteiger partial charge in [0.2, 0.25) is 0 Å². The number of ether oxygens (including phenoxy) is 1. The zero-order chi connectivity index (χ0) is 18.1. The minimum atomic E-state index is -0.207. The van der Waals surface area contributed by atoms with Crippen LogP contribution in [-0.4, -0.2) is 30.3 Å². The number of carbonyl (C=O) groups excluding carboxylic acids is 2. The average Bonchev–Trinajstić information content (AvgIpc) is 3.19. The Labute approximate surface area is 159 Å². The Kier molecular flexibility index (Phi) is 5.25. The van der Waals surface area contributed by atoms with E-state index in [1.807, 2.05) is 18.2 Å². The molecule has 5 heteroatoms. The van der Waals surface area contributed by atoms with Crippen LogP contribution >= 0.6 is 11.8 Å². The number of esters is 1. The van der Waals surface area contributed by atoms with E-state index in [0.29, 0.717) is 30.1 Å². The van der Waals surface area contributed by atoms with E-state index in [9.17, 15) is 9.59 Å². The first-order valence-electron chi connectivity index (χ1n) is 9.82. The first kappa shape index (κ1) is 17.9. The molecule has 3 aliphatic rings. The Morgan fingerprint density at radius 1 is 1.19 bits per heavy atom. The third-order valence-corrected chi connectivity index (χ3v) is 7.45. The van der Waals surface area contributed by atoms with Crippen molar-refractivity contribution in [2.24, 2.45) is 17.8 Å². The van der Waals surface area contributed by atoms with Crippen LogP contribution in [0.3, 0.4) is 0 Å². The molecule has 0 saturated heterocycles. The van der Waals surface area contributed by atoms with Crippen molar-refractivity contribution in [2.75, 3.05) is 18.1 Å². The van der Waals surface area contributed by atoms with Gasteiger partial charge in [-0.2, -0.15) is 0 Å². The van der Waals surface area contributed by atoms with Crippen molar-refractivity contribution in [2.45, 2.75) is 55.6 Å². The fourth-order valence-electron chi connectivity index (χ4n) is 4.87. The average molecular weight is 374 g/mol. The van der Waals surface area contributed by atoms with Crippen molar-refractivity contribution in [3.63, 3.8) is 0 Å². The van der Waals surface area contributed by atoms with Crippen molar-refractivity contribution in [1.82, 2.24) is 0 Å². The number of hydrogen-bond donors (Lipinski definition) is 0. The Balaban J connectivity index is 1.33. The minimum Gasteiger partial charge on any atom is -0.456 e. The van der Waals surface area contributed by atoms with Crippen LogP contribution in [0.15, 0.2) is 29.2 Å². The van der Waals surface area contributed by atoms with Crippen LogP contribution < -0.4 is 4.90 Å². The highest BCUT2D eigenvalue weighted by Gasteiger charge is 2.40. The summed E-state index contributed by atoms with van der Waals surface area (Å²) < 4.78 is 5.37. The molecule has 1 heterocycles. The van der Waals surface area contributed by atoms with E-state index < -0.39 is 0 Å². The van der Waals surface area contributed by atoms with Crippen LogP contribution in [0.2, 0.25) is 0 Å². The fourth-order valence-corrected chi connectivity index (χ4v) is 5.98. The highest BCUT2D eigenvalue weighted by atomic mass is 32.2. The van der Waals surface area contributed by atoms with Crippen molar-refractivity contribution in [1.29, 1.82) is 0 Å². The van der Waals surface area contributed by atoms with Gasteiger partial charge in [0.15, 0.2) is 6.61 Å². The van der Waals surface area contributed by atoms with Crippen LogP contribution in [0, 0.1) is 17.8 Å². The summed E-state index contributed by atoms with van der Waals surface area (Å²) in [7, 11) is 0. The monoisotopic (exact) mass is 373 g/mol. The van der Waals surface area contributed by atoms with Crippen molar-refractivity contribution in [3.05, 3.63) is 24.3 Å². The van der Waals surface area contributed by atoms with Gasteiger partial charge in [-0.1, -0.05) is 25.5 Å². The first-order valence-corrected chi connectivity index (χ1v) is 10.7. The summed E-state index contributed by atoms with van der Waals surface area (Å²) in [4.78, 5) is 27.9. The molecular weight excluding hydrogens is 346 g/mol. The first-order chi connectivity index (χ1) is 12.6. The zero-order valence-electron chi connectivity index (χ0n) is 15.4. The maximum atomic E-state index is 12.7. The SMILES string of the molecule is C[C@@H]1CCN(C(=O)COC(=O)C[C@H]2C[C@H]3CC[C@H]2C3)c2ccccc2S1. The summed E-state index contributed by atoms with van der Waals surface area (Å²) in [6, 6.07) is 8.00. The highest BCUT2D eigenvalue weighted by molar-refractivity contribution is 8.00. The number of carbonyl (C=O) groups is 2. The number of thioether (sulfide) groups is 1. The predicted molar refractivity (Wildman–Crippen MR) is 103 cm³/mol. The van der Waals surface area contributed by atoms with E-state index in [2.05, 4.69) is 13.0 Å². The minimum absolute atomic E-state index is 0.117. The van der Waals surface area contributed by atoms with E-state index >= 15 is 0 Å². The molecule has 4 nitrogen and oxygen atoms in total. The van der Waals surface area contributed by atoms with Crippen LogP contribution in [0.5, 0.6) is 0 Å². The number of benzene rings is 1. The number of para-hydroxylation sites is 1. The van der Waals surface area contributed by atoms with Crippen molar-refractivity contribution >= 4 is 29.3 Å². The molecule has 0 radical (unpaired) electrons. The maximum absolute atomic E-state index is 12.7. The lowest BCUT2D eigenvalue weighted by Crippen LogP contribution is -2.36. The second-order valence-corrected chi connectivity index (χ2v) is 9.51. The third kappa shape index (κ3) is 3.78. The molecule has 4 rings (SSSR count). The zero-order valence-corrected chi connectivity index (χ0v) is 16.2. The molecule has 1 aliphatic heterocycles. The highest BCUT2D eigenvalue weighted by Crippen LogP contribution is 2.49. The van der Waals surface area contributed by atoms with E-state index in [0.717, 1.165) is 22.9 Å². The lowest BCUT2D eigenvalue weighted by Gasteiger charge is -2.23. The van der Waals surface area contributed by atoms with Crippen LogP contribution in [0.25, 0.3) is 0 Å². The normalized spacial score (nSPS) is 30.0. The second-order valence-electron chi connectivity index (χ2n) is 8.03. The van der Waals surface area contributed by atoms with E-state index in [1.54, 1.807) is 16.7 Å². The van der Waals surface area contributed by atoms with E-state index in [4.69, 9.17) is 4.74 Å². The molecule has 0 N–H and O–H groups in total. The van der Waals surface area contributed by atoms with E-state index in [1.165, 1.54) is 25.7 Å². The second kappa shape index (κ2) is 7.63. The Hall–Kier alpha value is -1.49. The summed E-state index contributed by atoms with van der Waals surface area (Å²) >= 11 is 1.80. The Bertz CT molecular complexity index is 692. The van der Waals surface area contributed by atoms with Gasteiger partial charge >= 0.3 is 5.97 Å². The van der Waals surface area contributed by atoms with Crippen LogP contribution in [-0.2, 0) is 14.3 Å². The van der Waals surface area contributed by atoms with Crippen LogP contribution in [0.1, 0.15) is 45.4 Å². The molecule has 2 aliphatic carbocycles. The molecule has 0 aromatic heterocycles. The summed E-state index contributed by atoms with van der Waals surface area (Å²) in [5, 5.41) is 0.467. The Morgan fingerprint density at radius 2 is 2.04 bits per heavy atom. The summed E-state index contributed by atoms with van der Waals surface area (Å²) in [5.41, 5.74) is 0.941. The van der Waals surface area contributed by atoms with Crippen molar-refractivity contribution < 1.29 is 14.3 Å². The standard InChI is InChI=1S/C21H27NO3S/c1-14-8-9-22(18-4-2-3-5-19(18)26-14)20(23)13-25-21(24)12-17-11-15-6-7-16(17)10-15/h2-5,14-17H,6-13H2,1H3/t14-,15+,16+,17-/m1/s1. The molecule has 0 spiro atoms. The molecule has 0 unspecified atom stereocenters. The molecule has 26 heavy (non-hydrogen) atoms. The van der Waals surface area contributed by atoms with Gasteiger partial charge in [-0.05, 0) is 55.6 Å². The van der Waals surface area contributed by atoms with Crippen molar-refractivity contribution in [3.8, 4) is 0 Å². The number of anilines is 1. The largest absolute Gasteiger partial charge is 0.456 e. The molecular formula is C21H27NO3S. The lowest BCUT2D eigenvalue weighted by atomic mass is 9.86. The van der Waals surface area contributed by atoms with Gasteiger partial charge < -0.3 is 9.64 Å². The van der Waals surface area contributed by atoms with Gasteiger partial charge in [-0.25, -0.2) is 0 Å². The topological polar surface area (TPSA) is 46.6 Å². The third-order valence-electron chi connectivity index (χ3n) is 6.21. The molecule has 2 saturated carbocycles. The molecule has 1 aromatic rings. The van der Waals surface area contributed by atoms with E-state index in [-0.39, 0.29) is 18.5 Å². The molecule has 1 amide bonds. The molecule has 140 valence electrons. The number of rotatable bonds is 4. The summed E-state index contributed by atoms with van der Waals surface area (Å²) in [6.45, 7) is 2.71. The predicted octanol–water partition coefficient (Wildman–Crippen LogP) is 4.27. The molecule has 2 fully saturated rings. The van der Waals surface area contributed by atoms with Gasteiger partial charge in [0.1, 0.15) is 0 Å².